The van der Waals surface area contributed by atoms with Crippen LogP contribution in [0.2, 0.25) is 0 Å². The lowest BCUT2D eigenvalue weighted by atomic mass is 9.90. The molecule has 0 bridgehead atoms. The SMILES string of the molecule is CC1Cc2cc(-c3ncccn3)ccc2C(c2ccc3ccccc3c2)NN1. The number of fused-ring (bicyclic) bond motifs is 2. The molecule has 138 valence electrons. The molecule has 2 heterocycles. The third-order valence-corrected chi connectivity index (χ3v) is 5.38. The van der Waals surface area contributed by atoms with Crippen LogP contribution >= 0.6 is 0 Å². The summed E-state index contributed by atoms with van der Waals surface area (Å²) in [5, 5.41) is 2.52. The zero-order valence-corrected chi connectivity index (χ0v) is 15.8. The summed E-state index contributed by atoms with van der Waals surface area (Å²) in [4.78, 5) is 8.82. The van der Waals surface area contributed by atoms with E-state index < -0.39 is 0 Å². The van der Waals surface area contributed by atoms with Crippen LogP contribution in [0.1, 0.15) is 29.7 Å². The Balaban J connectivity index is 1.60. The fourth-order valence-corrected chi connectivity index (χ4v) is 3.99. The van der Waals surface area contributed by atoms with E-state index in [9.17, 15) is 0 Å². The molecule has 2 N–H and O–H groups in total. The smallest absolute Gasteiger partial charge is 0.159 e. The van der Waals surface area contributed by atoms with Gasteiger partial charge in [0, 0.05) is 24.0 Å². The molecule has 0 saturated carbocycles. The standard InChI is InChI=1S/C24H22N4/c1-16-13-21-15-20(24-25-11-4-12-26-24)9-10-22(21)23(28-27-16)19-8-7-17-5-2-3-6-18(17)14-19/h2-12,14-16,23,27-28H,13H2,1H3. The molecule has 0 amide bonds. The topological polar surface area (TPSA) is 49.8 Å². The summed E-state index contributed by atoms with van der Waals surface area (Å²) >= 11 is 0. The maximum absolute atomic E-state index is 4.41. The van der Waals surface area contributed by atoms with Gasteiger partial charge >= 0.3 is 0 Å². The quantitative estimate of drug-likeness (QED) is 0.551. The summed E-state index contributed by atoms with van der Waals surface area (Å²) < 4.78 is 0. The van der Waals surface area contributed by atoms with Crippen molar-refractivity contribution in [3.63, 3.8) is 0 Å². The molecule has 2 unspecified atom stereocenters. The number of hydrazine groups is 1. The van der Waals surface area contributed by atoms with Gasteiger partial charge in [-0.3, -0.25) is 5.43 Å². The van der Waals surface area contributed by atoms with Crippen LogP contribution in [0.5, 0.6) is 0 Å². The van der Waals surface area contributed by atoms with Crippen LogP contribution in [0, 0.1) is 0 Å². The first-order chi connectivity index (χ1) is 13.8. The van der Waals surface area contributed by atoms with Crippen molar-refractivity contribution in [1.29, 1.82) is 0 Å². The summed E-state index contributed by atoms with van der Waals surface area (Å²) in [5.41, 5.74) is 12.0. The third kappa shape index (κ3) is 3.17. The number of aromatic nitrogens is 2. The Morgan fingerprint density at radius 3 is 2.50 bits per heavy atom. The average molecular weight is 366 g/mol. The monoisotopic (exact) mass is 366 g/mol. The van der Waals surface area contributed by atoms with E-state index in [-0.39, 0.29) is 6.04 Å². The number of hydrogen-bond acceptors (Lipinski definition) is 4. The van der Waals surface area contributed by atoms with Gasteiger partial charge in [-0.2, -0.15) is 0 Å². The minimum atomic E-state index is 0.0929. The maximum atomic E-state index is 4.41. The predicted octanol–water partition coefficient (Wildman–Crippen LogP) is 4.43. The molecule has 0 spiro atoms. The maximum Gasteiger partial charge on any atom is 0.159 e. The average Bonchev–Trinajstić information content (AvgIpc) is 2.91. The molecule has 4 nitrogen and oxygen atoms in total. The summed E-state index contributed by atoms with van der Waals surface area (Å²) in [7, 11) is 0. The molecule has 0 radical (unpaired) electrons. The molecule has 0 saturated heterocycles. The van der Waals surface area contributed by atoms with Crippen LogP contribution in [-0.4, -0.2) is 16.0 Å². The predicted molar refractivity (Wildman–Crippen MR) is 113 cm³/mol. The van der Waals surface area contributed by atoms with Crippen LogP contribution in [0.3, 0.4) is 0 Å². The van der Waals surface area contributed by atoms with Gasteiger partial charge in [-0.05, 0) is 59.0 Å². The lowest BCUT2D eigenvalue weighted by Gasteiger charge is -2.21. The highest BCUT2D eigenvalue weighted by molar-refractivity contribution is 5.83. The molecule has 1 aliphatic rings. The number of nitrogens with one attached hydrogen (secondary N) is 2. The molecular weight excluding hydrogens is 344 g/mol. The lowest BCUT2D eigenvalue weighted by Crippen LogP contribution is -2.40. The Labute approximate surface area is 164 Å². The van der Waals surface area contributed by atoms with Crippen molar-refractivity contribution in [1.82, 2.24) is 20.8 Å². The van der Waals surface area contributed by atoms with Gasteiger partial charge in [0.2, 0.25) is 0 Å². The first-order valence-corrected chi connectivity index (χ1v) is 9.68. The molecular formula is C24H22N4. The van der Waals surface area contributed by atoms with Gasteiger partial charge in [0.15, 0.2) is 5.82 Å². The van der Waals surface area contributed by atoms with Gasteiger partial charge in [-0.15, -0.1) is 0 Å². The highest BCUT2D eigenvalue weighted by Crippen LogP contribution is 2.31. The molecule has 2 atom stereocenters. The molecule has 4 heteroatoms. The van der Waals surface area contributed by atoms with Gasteiger partial charge < -0.3 is 0 Å². The molecule has 3 aromatic carbocycles. The Kier molecular flexibility index (Phi) is 4.35. The van der Waals surface area contributed by atoms with E-state index >= 15 is 0 Å². The van der Waals surface area contributed by atoms with Crippen molar-refractivity contribution in [3.8, 4) is 11.4 Å². The van der Waals surface area contributed by atoms with Crippen LogP contribution < -0.4 is 10.9 Å². The van der Waals surface area contributed by atoms with Crippen molar-refractivity contribution < 1.29 is 0 Å². The molecule has 4 aromatic rings. The van der Waals surface area contributed by atoms with Crippen molar-refractivity contribution >= 4 is 10.8 Å². The largest absolute Gasteiger partial charge is 0.254 e. The van der Waals surface area contributed by atoms with Gasteiger partial charge in [0.05, 0.1) is 6.04 Å². The zero-order chi connectivity index (χ0) is 18.9. The summed E-state index contributed by atoms with van der Waals surface area (Å²) in [5.74, 6) is 0.769. The Bertz CT molecular complexity index is 1120. The van der Waals surface area contributed by atoms with E-state index in [4.69, 9.17) is 0 Å². The molecule has 1 aromatic heterocycles. The van der Waals surface area contributed by atoms with E-state index in [2.05, 4.69) is 88.4 Å². The Morgan fingerprint density at radius 1 is 0.821 bits per heavy atom. The fraction of sp³-hybridized carbons (Fsp3) is 0.167. The van der Waals surface area contributed by atoms with Crippen LogP contribution in [0.25, 0.3) is 22.2 Å². The van der Waals surface area contributed by atoms with Gasteiger partial charge in [0.25, 0.3) is 0 Å². The minimum Gasteiger partial charge on any atom is -0.254 e. The lowest BCUT2D eigenvalue weighted by molar-refractivity contribution is 0.434. The first-order valence-electron chi connectivity index (χ1n) is 9.68. The van der Waals surface area contributed by atoms with Crippen LogP contribution in [-0.2, 0) is 6.42 Å². The number of benzene rings is 3. The van der Waals surface area contributed by atoms with Crippen molar-refractivity contribution in [2.24, 2.45) is 0 Å². The normalized spacial score (nSPS) is 19.2. The Morgan fingerprint density at radius 2 is 1.64 bits per heavy atom. The summed E-state index contributed by atoms with van der Waals surface area (Å²) in [6.45, 7) is 2.20. The van der Waals surface area contributed by atoms with E-state index in [1.165, 1.54) is 27.5 Å². The van der Waals surface area contributed by atoms with Crippen LogP contribution in [0.4, 0.5) is 0 Å². The molecule has 0 fully saturated rings. The second-order valence-electron chi connectivity index (χ2n) is 7.42. The molecule has 0 aliphatic carbocycles. The van der Waals surface area contributed by atoms with Crippen LogP contribution in [0.15, 0.2) is 79.1 Å². The second kappa shape index (κ2) is 7.15. The first kappa shape index (κ1) is 17.0. The van der Waals surface area contributed by atoms with Crippen molar-refractivity contribution in [3.05, 3.63) is 95.8 Å². The highest BCUT2D eigenvalue weighted by atomic mass is 15.4. The number of rotatable bonds is 2. The van der Waals surface area contributed by atoms with E-state index in [0.717, 1.165) is 17.8 Å². The molecule has 1 aliphatic heterocycles. The zero-order valence-electron chi connectivity index (χ0n) is 15.8. The Hall–Kier alpha value is -3.08. The highest BCUT2D eigenvalue weighted by Gasteiger charge is 2.23. The van der Waals surface area contributed by atoms with E-state index in [1.54, 1.807) is 12.4 Å². The van der Waals surface area contributed by atoms with Crippen molar-refractivity contribution in [2.45, 2.75) is 25.4 Å². The molecule has 28 heavy (non-hydrogen) atoms. The fourth-order valence-electron chi connectivity index (χ4n) is 3.99. The summed E-state index contributed by atoms with van der Waals surface area (Å²) in [6.07, 6.45) is 4.53. The van der Waals surface area contributed by atoms with E-state index in [0.29, 0.717) is 6.04 Å². The summed E-state index contributed by atoms with van der Waals surface area (Å²) in [6, 6.07) is 24.0. The minimum absolute atomic E-state index is 0.0929. The van der Waals surface area contributed by atoms with Gasteiger partial charge in [0.1, 0.15) is 0 Å². The number of hydrogen-bond donors (Lipinski definition) is 2. The van der Waals surface area contributed by atoms with Crippen molar-refractivity contribution in [2.75, 3.05) is 0 Å². The number of nitrogens with zero attached hydrogens (tertiary/aromatic N) is 2. The van der Waals surface area contributed by atoms with E-state index in [1.807, 2.05) is 6.07 Å². The molecule has 5 rings (SSSR count). The third-order valence-electron chi connectivity index (χ3n) is 5.38. The van der Waals surface area contributed by atoms with Gasteiger partial charge in [-0.1, -0.05) is 48.5 Å². The van der Waals surface area contributed by atoms with Gasteiger partial charge in [-0.25, -0.2) is 15.4 Å². The second-order valence-corrected chi connectivity index (χ2v) is 7.42.